The van der Waals surface area contributed by atoms with Gasteiger partial charge in [-0.2, -0.15) is 0 Å². The van der Waals surface area contributed by atoms with Crippen molar-refractivity contribution in [2.24, 2.45) is 0 Å². The van der Waals surface area contributed by atoms with E-state index >= 15 is 0 Å². The molecule has 96 valence electrons. The van der Waals surface area contributed by atoms with E-state index in [1.165, 1.54) is 0 Å². The van der Waals surface area contributed by atoms with Crippen LogP contribution in [0.1, 0.15) is 5.56 Å². The molecule has 0 radical (unpaired) electrons. The van der Waals surface area contributed by atoms with Crippen molar-refractivity contribution in [3.63, 3.8) is 0 Å². The maximum absolute atomic E-state index is 5.38. The lowest BCUT2D eigenvalue weighted by atomic mass is 10.2. The van der Waals surface area contributed by atoms with Crippen molar-refractivity contribution in [1.29, 1.82) is 0 Å². The summed E-state index contributed by atoms with van der Waals surface area (Å²) in [5.41, 5.74) is 1.04. The molecule has 1 N–H and O–H groups in total. The third-order valence-corrected chi connectivity index (χ3v) is 3.12. The van der Waals surface area contributed by atoms with E-state index < -0.39 is 0 Å². The molecular weight excluding hydrogens is 286 g/mol. The molecule has 0 aliphatic heterocycles. The Morgan fingerprint density at radius 2 is 1.94 bits per heavy atom. The molecule has 0 spiro atoms. The molecule has 1 aromatic carbocycles. The monoisotopic (exact) mass is 303 g/mol. The smallest absolute Gasteiger partial charge is 0.166 e. The van der Waals surface area contributed by atoms with Crippen molar-refractivity contribution in [2.45, 2.75) is 6.54 Å². The minimum Gasteiger partial charge on any atom is -0.493 e. The molecule has 0 amide bonds. The van der Waals surface area contributed by atoms with Crippen molar-refractivity contribution in [2.75, 3.05) is 34.5 Å². The molecule has 0 atom stereocenters. The molecule has 5 heteroatoms. The van der Waals surface area contributed by atoms with Crippen molar-refractivity contribution in [3.05, 3.63) is 22.2 Å². The van der Waals surface area contributed by atoms with Crippen LogP contribution < -0.4 is 14.8 Å². The fraction of sp³-hybridized carbons (Fsp3) is 0.500. The zero-order valence-electron chi connectivity index (χ0n) is 10.4. The van der Waals surface area contributed by atoms with E-state index in [1.54, 1.807) is 21.3 Å². The van der Waals surface area contributed by atoms with E-state index in [1.807, 2.05) is 12.1 Å². The van der Waals surface area contributed by atoms with E-state index in [0.29, 0.717) is 13.2 Å². The Labute approximate surface area is 110 Å². The van der Waals surface area contributed by atoms with Gasteiger partial charge in [0.15, 0.2) is 11.5 Å². The highest BCUT2D eigenvalue weighted by molar-refractivity contribution is 9.10. The van der Waals surface area contributed by atoms with Gasteiger partial charge in [-0.3, -0.25) is 0 Å². The Kier molecular flexibility index (Phi) is 6.32. The van der Waals surface area contributed by atoms with Crippen molar-refractivity contribution in [1.82, 2.24) is 5.32 Å². The quantitative estimate of drug-likeness (QED) is 0.784. The second-order valence-electron chi connectivity index (χ2n) is 3.43. The zero-order chi connectivity index (χ0) is 12.7. The summed E-state index contributed by atoms with van der Waals surface area (Å²) in [6.07, 6.45) is 0. The fourth-order valence-electron chi connectivity index (χ4n) is 1.52. The maximum atomic E-state index is 5.38. The summed E-state index contributed by atoms with van der Waals surface area (Å²) in [7, 11) is 4.96. The van der Waals surface area contributed by atoms with Gasteiger partial charge in [-0.05, 0) is 12.1 Å². The molecule has 0 aromatic heterocycles. The molecular formula is C12H18BrNO3. The van der Waals surface area contributed by atoms with E-state index in [0.717, 1.165) is 28.1 Å². The lowest BCUT2D eigenvalue weighted by Crippen LogP contribution is -2.19. The second-order valence-corrected chi connectivity index (χ2v) is 4.29. The molecule has 17 heavy (non-hydrogen) atoms. The number of rotatable bonds is 7. The van der Waals surface area contributed by atoms with E-state index in [9.17, 15) is 0 Å². The number of ether oxygens (including phenoxy) is 3. The summed E-state index contributed by atoms with van der Waals surface area (Å²) >= 11 is 3.51. The van der Waals surface area contributed by atoms with Crippen LogP contribution >= 0.6 is 15.9 Å². The van der Waals surface area contributed by atoms with Crippen molar-refractivity contribution >= 4 is 15.9 Å². The highest BCUT2D eigenvalue weighted by Crippen LogP contribution is 2.35. The number of methoxy groups -OCH3 is 3. The van der Waals surface area contributed by atoms with Gasteiger partial charge in [0, 0.05) is 30.2 Å². The van der Waals surface area contributed by atoms with Gasteiger partial charge in [-0.25, -0.2) is 0 Å². The predicted molar refractivity (Wildman–Crippen MR) is 70.8 cm³/mol. The Hall–Kier alpha value is -0.780. The summed E-state index contributed by atoms with van der Waals surface area (Å²) in [5.74, 6) is 1.49. The molecule has 1 aromatic rings. The first-order chi connectivity index (χ1) is 8.24. The Morgan fingerprint density at radius 1 is 1.18 bits per heavy atom. The number of halogens is 1. The summed E-state index contributed by atoms with van der Waals surface area (Å²) in [4.78, 5) is 0. The van der Waals surface area contributed by atoms with Crippen LogP contribution in [-0.4, -0.2) is 34.5 Å². The largest absolute Gasteiger partial charge is 0.493 e. The van der Waals surface area contributed by atoms with Gasteiger partial charge < -0.3 is 19.5 Å². The number of hydrogen-bond donors (Lipinski definition) is 1. The van der Waals surface area contributed by atoms with Gasteiger partial charge in [0.2, 0.25) is 0 Å². The average Bonchev–Trinajstić information content (AvgIpc) is 2.35. The maximum Gasteiger partial charge on any atom is 0.166 e. The van der Waals surface area contributed by atoms with Crippen LogP contribution in [0.2, 0.25) is 0 Å². The molecule has 0 unspecified atom stereocenters. The third kappa shape index (κ3) is 3.87. The van der Waals surface area contributed by atoms with Crippen LogP contribution in [0.5, 0.6) is 11.5 Å². The molecule has 0 saturated carbocycles. The second kappa shape index (κ2) is 7.53. The molecule has 0 bridgehead atoms. The molecule has 0 fully saturated rings. The van der Waals surface area contributed by atoms with Crippen LogP contribution in [0, 0.1) is 0 Å². The summed E-state index contributed by atoms with van der Waals surface area (Å²) < 4.78 is 16.6. The van der Waals surface area contributed by atoms with Crippen molar-refractivity contribution < 1.29 is 14.2 Å². The molecule has 1 rings (SSSR count). The van der Waals surface area contributed by atoms with Gasteiger partial charge in [0.1, 0.15) is 0 Å². The number of nitrogens with one attached hydrogen (secondary N) is 1. The summed E-state index contributed by atoms with van der Waals surface area (Å²) in [6, 6.07) is 3.83. The van der Waals surface area contributed by atoms with Gasteiger partial charge in [-0.1, -0.05) is 15.9 Å². The number of benzene rings is 1. The zero-order valence-corrected chi connectivity index (χ0v) is 12.0. The first kappa shape index (κ1) is 14.3. The average molecular weight is 304 g/mol. The van der Waals surface area contributed by atoms with Crippen LogP contribution in [0.4, 0.5) is 0 Å². The highest BCUT2D eigenvalue weighted by atomic mass is 79.9. The Balaban J connectivity index is 2.80. The number of hydrogen-bond acceptors (Lipinski definition) is 4. The van der Waals surface area contributed by atoms with Gasteiger partial charge in [0.25, 0.3) is 0 Å². The highest BCUT2D eigenvalue weighted by Gasteiger charge is 2.12. The standard InChI is InChI=1S/C12H18BrNO3/c1-15-7-6-14-8-9-10(13)4-5-11(16-2)12(9)17-3/h4-5,14H,6-8H2,1-3H3. The first-order valence-electron chi connectivity index (χ1n) is 5.33. The minimum atomic E-state index is 0.684. The van der Waals surface area contributed by atoms with Crippen LogP contribution in [0.25, 0.3) is 0 Å². The van der Waals surface area contributed by atoms with Crippen LogP contribution in [0.15, 0.2) is 16.6 Å². The summed E-state index contributed by atoms with van der Waals surface area (Å²) in [6.45, 7) is 2.18. The van der Waals surface area contributed by atoms with Gasteiger partial charge in [-0.15, -0.1) is 0 Å². The summed E-state index contributed by atoms with van der Waals surface area (Å²) in [5, 5.41) is 3.28. The fourth-order valence-corrected chi connectivity index (χ4v) is 1.97. The normalized spacial score (nSPS) is 10.4. The van der Waals surface area contributed by atoms with E-state index in [4.69, 9.17) is 14.2 Å². The third-order valence-electron chi connectivity index (χ3n) is 2.38. The molecule has 0 aliphatic rings. The topological polar surface area (TPSA) is 39.7 Å². The molecule has 4 nitrogen and oxygen atoms in total. The molecule has 0 saturated heterocycles. The Morgan fingerprint density at radius 3 is 2.53 bits per heavy atom. The lowest BCUT2D eigenvalue weighted by molar-refractivity contribution is 0.199. The molecule has 0 aliphatic carbocycles. The van der Waals surface area contributed by atoms with Crippen molar-refractivity contribution in [3.8, 4) is 11.5 Å². The minimum absolute atomic E-state index is 0.684. The predicted octanol–water partition coefficient (Wildman–Crippen LogP) is 2.20. The van der Waals surface area contributed by atoms with E-state index in [-0.39, 0.29) is 0 Å². The first-order valence-corrected chi connectivity index (χ1v) is 6.12. The molecule has 0 heterocycles. The van der Waals surface area contributed by atoms with Crippen LogP contribution in [-0.2, 0) is 11.3 Å². The van der Waals surface area contributed by atoms with Gasteiger partial charge >= 0.3 is 0 Å². The lowest BCUT2D eigenvalue weighted by Gasteiger charge is -2.14. The Bertz CT molecular complexity index is 358. The van der Waals surface area contributed by atoms with Crippen LogP contribution in [0.3, 0.4) is 0 Å². The SMILES string of the molecule is COCCNCc1c(Br)ccc(OC)c1OC. The van der Waals surface area contributed by atoms with Gasteiger partial charge in [0.05, 0.1) is 20.8 Å². The van der Waals surface area contributed by atoms with E-state index in [2.05, 4.69) is 21.2 Å².